The summed E-state index contributed by atoms with van der Waals surface area (Å²) in [5.41, 5.74) is 4.59. The van der Waals surface area contributed by atoms with E-state index in [-0.39, 0.29) is 11.3 Å². The van der Waals surface area contributed by atoms with Crippen LogP contribution in [-0.4, -0.2) is 33.9 Å². The number of hydrogen-bond donors (Lipinski definition) is 3. The Morgan fingerprint density at radius 1 is 1.40 bits per heavy atom. The van der Waals surface area contributed by atoms with Crippen molar-refractivity contribution in [3.8, 4) is 0 Å². The number of aliphatic carboxylic acids is 1. The number of carboxylic acid groups (broad SMARTS) is 1. The van der Waals surface area contributed by atoms with Crippen LogP contribution >= 0.6 is 0 Å². The number of amides is 2. The smallest absolute Gasteiger partial charge is 0.305 e. The van der Waals surface area contributed by atoms with E-state index in [4.69, 9.17) is 10.8 Å². The highest BCUT2D eigenvalue weighted by Gasteiger charge is 2.22. The van der Waals surface area contributed by atoms with E-state index in [1.165, 1.54) is 18.2 Å². The molecular weight excluding hydrogens is 270 g/mol. The van der Waals surface area contributed by atoms with Crippen LogP contribution in [-0.2, 0) is 9.59 Å². The van der Waals surface area contributed by atoms with Crippen molar-refractivity contribution in [1.82, 2.24) is 5.32 Å². The molecule has 0 aliphatic rings. The first kappa shape index (κ1) is 15.1. The number of carboxylic acids is 1. The zero-order chi connectivity index (χ0) is 15.3. The summed E-state index contributed by atoms with van der Waals surface area (Å²) < 4.78 is 0. The van der Waals surface area contributed by atoms with Crippen LogP contribution < -0.4 is 11.1 Å². The van der Waals surface area contributed by atoms with Crippen LogP contribution in [0, 0.1) is 10.1 Å². The predicted molar refractivity (Wildman–Crippen MR) is 65.8 cm³/mol. The molecule has 0 saturated heterocycles. The van der Waals surface area contributed by atoms with Crippen LogP contribution in [0.2, 0.25) is 0 Å². The third-order valence-electron chi connectivity index (χ3n) is 2.35. The van der Waals surface area contributed by atoms with Crippen molar-refractivity contribution < 1.29 is 24.4 Å². The number of non-ortho nitro benzene ring substituents is 1. The highest BCUT2D eigenvalue weighted by molar-refractivity contribution is 5.98. The average molecular weight is 281 g/mol. The lowest BCUT2D eigenvalue weighted by molar-refractivity contribution is -0.384. The number of rotatable bonds is 6. The largest absolute Gasteiger partial charge is 0.481 e. The van der Waals surface area contributed by atoms with Crippen molar-refractivity contribution in [2.45, 2.75) is 12.5 Å². The zero-order valence-corrected chi connectivity index (χ0v) is 10.1. The lowest BCUT2D eigenvalue weighted by Crippen LogP contribution is -2.45. The van der Waals surface area contributed by atoms with Gasteiger partial charge in [0.2, 0.25) is 5.91 Å². The summed E-state index contributed by atoms with van der Waals surface area (Å²) in [4.78, 5) is 43.2. The molecule has 0 spiro atoms. The van der Waals surface area contributed by atoms with E-state index >= 15 is 0 Å². The highest BCUT2D eigenvalue weighted by atomic mass is 16.6. The second-order valence-electron chi connectivity index (χ2n) is 3.83. The van der Waals surface area contributed by atoms with Crippen LogP contribution in [0.25, 0.3) is 0 Å². The Hall–Kier alpha value is -2.97. The van der Waals surface area contributed by atoms with Crippen LogP contribution in [0.15, 0.2) is 24.3 Å². The van der Waals surface area contributed by atoms with Gasteiger partial charge in [-0.05, 0) is 6.07 Å². The molecule has 0 bridgehead atoms. The normalized spacial score (nSPS) is 11.4. The first-order chi connectivity index (χ1) is 9.31. The fraction of sp³-hybridized carbons (Fsp3) is 0.182. The summed E-state index contributed by atoms with van der Waals surface area (Å²) in [6.45, 7) is 0. The van der Waals surface area contributed by atoms with Crippen LogP contribution in [0.3, 0.4) is 0 Å². The summed E-state index contributed by atoms with van der Waals surface area (Å²) in [6.07, 6.45) is -0.671. The lowest BCUT2D eigenvalue weighted by atomic mass is 10.1. The molecule has 0 aromatic heterocycles. The minimum absolute atomic E-state index is 0.0733. The van der Waals surface area contributed by atoms with Crippen molar-refractivity contribution in [2.24, 2.45) is 5.73 Å². The first-order valence-corrected chi connectivity index (χ1v) is 5.37. The Morgan fingerprint density at radius 3 is 2.55 bits per heavy atom. The minimum atomic E-state index is -1.39. The Bertz CT molecular complexity index is 571. The Balaban J connectivity index is 2.88. The van der Waals surface area contributed by atoms with Gasteiger partial charge in [-0.1, -0.05) is 6.07 Å². The summed E-state index contributed by atoms with van der Waals surface area (Å²) in [6, 6.07) is 3.40. The van der Waals surface area contributed by atoms with Crippen molar-refractivity contribution in [3.63, 3.8) is 0 Å². The number of carbonyl (C=O) groups is 3. The van der Waals surface area contributed by atoms with Crippen LogP contribution in [0.4, 0.5) is 5.69 Å². The average Bonchev–Trinajstić information content (AvgIpc) is 2.37. The lowest BCUT2D eigenvalue weighted by Gasteiger charge is -2.13. The molecule has 0 heterocycles. The number of benzene rings is 1. The molecule has 0 aliphatic carbocycles. The molecule has 4 N–H and O–H groups in total. The number of nitrogens with one attached hydrogen (secondary N) is 1. The number of primary amides is 1. The van der Waals surface area contributed by atoms with E-state index in [1.54, 1.807) is 0 Å². The van der Waals surface area contributed by atoms with Gasteiger partial charge in [0.15, 0.2) is 0 Å². The molecule has 1 aromatic rings. The van der Waals surface area contributed by atoms with Gasteiger partial charge >= 0.3 is 5.97 Å². The van der Waals surface area contributed by atoms with E-state index in [2.05, 4.69) is 5.32 Å². The zero-order valence-electron chi connectivity index (χ0n) is 10.1. The molecule has 0 fully saturated rings. The minimum Gasteiger partial charge on any atom is -0.481 e. The Kier molecular flexibility index (Phi) is 4.73. The molecule has 1 atom stereocenters. The SMILES string of the molecule is NC(=O)[C@@H](CC(=O)O)NC(=O)c1cccc([N+](=O)[O-])c1. The van der Waals surface area contributed by atoms with Crippen molar-refractivity contribution in [2.75, 3.05) is 0 Å². The van der Waals surface area contributed by atoms with Crippen molar-refractivity contribution in [3.05, 3.63) is 39.9 Å². The molecule has 9 nitrogen and oxygen atoms in total. The van der Waals surface area contributed by atoms with Gasteiger partial charge < -0.3 is 16.2 Å². The number of nitro benzene ring substituents is 1. The molecule has 1 rings (SSSR count). The van der Waals surface area contributed by atoms with Gasteiger partial charge in [0, 0.05) is 17.7 Å². The third kappa shape index (κ3) is 4.05. The van der Waals surface area contributed by atoms with Gasteiger partial charge in [-0.3, -0.25) is 24.5 Å². The van der Waals surface area contributed by atoms with Crippen LogP contribution in [0.5, 0.6) is 0 Å². The standard InChI is InChI=1S/C11H11N3O6/c12-10(17)8(5-9(15)16)13-11(18)6-2-1-3-7(4-6)14(19)20/h1-4,8H,5H2,(H2,12,17)(H,13,18)(H,15,16)/t8-/m1/s1. The van der Waals surface area contributed by atoms with E-state index in [1.807, 2.05) is 0 Å². The van der Waals surface area contributed by atoms with Crippen molar-refractivity contribution in [1.29, 1.82) is 0 Å². The van der Waals surface area contributed by atoms with Crippen LogP contribution in [0.1, 0.15) is 16.8 Å². The topological polar surface area (TPSA) is 153 Å². The second-order valence-corrected chi connectivity index (χ2v) is 3.83. The molecule has 0 unspecified atom stereocenters. The summed E-state index contributed by atoms with van der Waals surface area (Å²) in [5.74, 6) is -3.14. The van der Waals surface area contributed by atoms with Gasteiger partial charge in [-0.2, -0.15) is 0 Å². The Labute approximate surface area is 112 Å². The third-order valence-corrected chi connectivity index (χ3v) is 2.35. The number of carbonyl (C=O) groups excluding carboxylic acids is 2. The fourth-order valence-electron chi connectivity index (χ4n) is 1.40. The van der Waals surface area contributed by atoms with E-state index < -0.39 is 35.2 Å². The van der Waals surface area contributed by atoms with E-state index in [0.717, 1.165) is 6.07 Å². The maximum absolute atomic E-state index is 11.8. The second kappa shape index (κ2) is 6.27. The quantitative estimate of drug-likeness (QED) is 0.478. The molecule has 0 aliphatic heterocycles. The highest BCUT2D eigenvalue weighted by Crippen LogP contribution is 2.13. The predicted octanol–water partition coefficient (Wildman–Crippen LogP) is -0.347. The van der Waals surface area contributed by atoms with Gasteiger partial charge in [0.05, 0.1) is 11.3 Å². The van der Waals surface area contributed by atoms with E-state index in [9.17, 15) is 24.5 Å². The number of nitro groups is 1. The van der Waals surface area contributed by atoms with Gasteiger partial charge in [0.25, 0.3) is 11.6 Å². The molecule has 0 radical (unpaired) electrons. The summed E-state index contributed by atoms with van der Waals surface area (Å²) in [7, 11) is 0. The fourth-order valence-corrected chi connectivity index (χ4v) is 1.40. The van der Waals surface area contributed by atoms with Gasteiger partial charge in [0.1, 0.15) is 6.04 Å². The molecule has 0 saturated carbocycles. The maximum atomic E-state index is 11.8. The number of hydrogen-bond acceptors (Lipinski definition) is 5. The molecule has 106 valence electrons. The molecular formula is C11H11N3O6. The summed E-state index contributed by atoms with van der Waals surface area (Å²) in [5, 5.41) is 21.3. The first-order valence-electron chi connectivity index (χ1n) is 5.37. The van der Waals surface area contributed by atoms with Crippen molar-refractivity contribution >= 4 is 23.5 Å². The van der Waals surface area contributed by atoms with E-state index in [0.29, 0.717) is 0 Å². The molecule has 20 heavy (non-hydrogen) atoms. The molecule has 1 aromatic carbocycles. The number of nitrogens with two attached hydrogens (primary N) is 1. The summed E-state index contributed by atoms with van der Waals surface area (Å²) >= 11 is 0. The van der Waals surface area contributed by atoms with Gasteiger partial charge in [-0.15, -0.1) is 0 Å². The maximum Gasteiger partial charge on any atom is 0.305 e. The molecule has 2 amide bonds. The monoisotopic (exact) mass is 281 g/mol. The molecule has 9 heteroatoms. The number of nitrogens with zero attached hydrogens (tertiary/aromatic N) is 1. The Morgan fingerprint density at radius 2 is 2.05 bits per heavy atom. The van der Waals surface area contributed by atoms with Gasteiger partial charge in [-0.25, -0.2) is 0 Å².